The molecular weight excluding hydrogens is 266 g/mol. The zero-order valence-electron chi connectivity index (χ0n) is 13.6. The van der Waals surface area contributed by atoms with Crippen LogP contribution < -0.4 is 5.32 Å². The van der Waals surface area contributed by atoms with Crippen molar-refractivity contribution in [3.63, 3.8) is 0 Å². The van der Waals surface area contributed by atoms with Crippen LogP contribution in [0.25, 0.3) is 0 Å². The Kier molecular flexibility index (Phi) is 6.93. The SMILES string of the molecule is CCNC(CCN1CCN(CC2CC2)CC1)C(=O)OCC. The number of nitrogens with one attached hydrogen (secondary N) is 1. The van der Waals surface area contributed by atoms with Crippen molar-refractivity contribution < 1.29 is 9.53 Å². The van der Waals surface area contributed by atoms with E-state index in [1.54, 1.807) is 0 Å². The third-order valence-corrected chi connectivity index (χ3v) is 4.43. The molecule has 122 valence electrons. The molecule has 1 aliphatic heterocycles. The van der Waals surface area contributed by atoms with E-state index in [9.17, 15) is 4.79 Å². The molecule has 0 spiro atoms. The Balaban J connectivity index is 1.65. The largest absolute Gasteiger partial charge is 0.465 e. The molecule has 1 heterocycles. The molecule has 0 radical (unpaired) electrons. The number of likely N-dealkylation sites (N-methyl/N-ethyl adjacent to an activating group) is 1. The first-order chi connectivity index (χ1) is 10.2. The molecule has 0 aromatic heterocycles. The first-order valence-corrected chi connectivity index (χ1v) is 8.57. The van der Waals surface area contributed by atoms with E-state index < -0.39 is 0 Å². The molecule has 1 N–H and O–H groups in total. The van der Waals surface area contributed by atoms with Crippen LogP contribution in [-0.2, 0) is 9.53 Å². The van der Waals surface area contributed by atoms with E-state index >= 15 is 0 Å². The van der Waals surface area contributed by atoms with Crippen LogP contribution in [0.5, 0.6) is 0 Å². The van der Waals surface area contributed by atoms with Gasteiger partial charge in [-0.1, -0.05) is 6.92 Å². The van der Waals surface area contributed by atoms with Gasteiger partial charge in [0.25, 0.3) is 0 Å². The lowest BCUT2D eigenvalue weighted by Gasteiger charge is -2.35. The molecule has 2 rings (SSSR count). The van der Waals surface area contributed by atoms with Gasteiger partial charge >= 0.3 is 5.97 Å². The molecule has 21 heavy (non-hydrogen) atoms. The van der Waals surface area contributed by atoms with E-state index in [-0.39, 0.29) is 12.0 Å². The number of hydrogen-bond donors (Lipinski definition) is 1. The number of ether oxygens (including phenoxy) is 1. The minimum absolute atomic E-state index is 0.105. The molecule has 2 fully saturated rings. The summed E-state index contributed by atoms with van der Waals surface area (Å²) in [6.45, 7) is 12.1. The standard InChI is InChI=1S/C16H31N3O2/c1-3-17-15(16(20)21-4-2)7-8-18-9-11-19(12-10-18)13-14-5-6-14/h14-15,17H,3-13H2,1-2H3. The first-order valence-electron chi connectivity index (χ1n) is 8.57. The van der Waals surface area contributed by atoms with Gasteiger partial charge in [-0.25, -0.2) is 0 Å². The van der Waals surface area contributed by atoms with Crippen molar-refractivity contribution >= 4 is 5.97 Å². The fourth-order valence-corrected chi connectivity index (χ4v) is 2.97. The number of piperazine rings is 1. The third-order valence-electron chi connectivity index (χ3n) is 4.43. The average Bonchev–Trinajstić information content (AvgIpc) is 3.29. The summed E-state index contributed by atoms with van der Waals surface area (Å²) in [7, 11) is 0. The van der Waals surface area contributed by atoms with Crippen LogP contribution in [0.2, 0.25) is 0 Å². The summed E-state index contributed by atoms with van der Waals surface area (Å²) < 4.78 is 5.14. The second-order valence-electron chi connectivity index (χ2n) is 6.24. The van der Waals surface area contributed by atoms with Crippen LogP contribution in [-0.4, -0.2) is 74.2 Å². The van der Waals surface area contributed by atoms with Gasteiger partial charge < -0.3 is 19.9 Å². The average molecular weight is 297 g/mol. The Hall–Kier alpha value is -0.650. The van der Waals surface area contributed by atoms with Crippen molar-refractivity contribution in [3.05, 3.63) is 0 Å². The summed E-state index contributed by atoms with van der Waals surface area (Å²) in [5.74, 6) is 0.880. The summed E-state index contributed by atoms with van der Waals surface area (Å²) >= 11 is 0. The minimum Gasteiger partial charge on any atom is -0.465 e. The van der Waals surface area contributed by atoms with Crippen LogP contribution in [0.3, 0.4) is 0 Å². The number of nitrogens with zero attached hydrogens (tertiary/aromatic N) is 2. The molecule has 5 nitrogen and oxygen atoms in total. The van der Waals surface area contributed by atoms with Gasteiger partial charge in [0.15, 0.2) is 0 Å². The Morgan fingerprint density at radius 2 is 1.86 bits per heavy atom. The van der Waals surface area contributed by atoms with Gasteiger partial charge in [-0.2, -0.15) is 0 Å². The Labute approximate surface area is 129 Å². The Morgan fingerprint density at radius 3 is 2.43 bits per heavy atom. The highest BCUT2D eigenvalue weighted by atomic mass is 16.5. The molecule has 2 aliphatic rings. The minimum atomic E-state index is -0.153. The van der Waals surface area contributed by atoms with Gasteiger partial charge in [0.1, 0.15) is 6.04 Å². The second kappa shape index (κ2) is 8.71. The van der Waals surface area contributed by atoms with Crippen LogP contribution >= 0.6 is 0 Å². The smallest absolute Gasteiger partial charge is 0.323 e. The highest BCUT2D eigenvalue weighted by Gasteiger charge is 2.27. The first kappa shape index (κ1) is 16.7. The Bertz CT molecular complexity index is 313. The number of esters is 1. The highest BCUT2D eigenvalue weighted by Crippen LogP contribution is 2.29. The normalized spacial score (nSPS) is 22.2. The second-order valence-corrected chi connectivity index (χ2v) is 6.24. The monoisotopic (exact) mass is 297 g/mol. The van der Waals surface area contributed by atoms with E-state index in [1.807, 2.05) is 13.8 Å². The lowest BCUT2D eigenvalue weighted by Crippen LogP contribution is -2.48. The molecule has 1 atom stereocenters. The van der Waals surface area contributed by atoms with E-state index in [2.05, 4.69) is 15.1 Å². The zero-order valence-corrected chi connectivity index (χ0v) is 13.6. The molecule has 5 heteroatoms. The predicted octanol–water partition coefficient (Wildman–Crippen LogP) is 0.945. The van der Waals surface area contributed by atoms with Crippen molar-refractivity contribution in [3.8, 4) is 0 Å². The number of hydrogen-bond acceptors (Lipinski definition) is 5. The van der Waals surface area contributed by atoms with Crippen molar-refractivity contribution in [2.45, 2.75) is 39.2 Å². The lowest BCUT2D eigenvalue weighted by molar-refractivity contribution is -0.145. The van der Waals surface area contributed by atoms with E-state index in [0.717, 1.165) is 38.5 Å². The van der Waals surface area contributed by atoms with E-state index in [4.69, 9.17) is 4.74 Å². The molecule has 0 amide bonds. The molecule has 0 aromatic rings. The van der Waals surface area contributed by atoms with E-state index in [1.165, 1.54) is 32.5 Å². The van der Waals surface area contributed by atoms with Crippen LogP contribution in [0, 0.1) is 5.92 Å². The van der Waals surface area contributed by atoms with Gasteiger partial charge in [-0.05, 0) is 38.6 Å². The van der Waals surface area contributed by atoms with Gasteiger partial charge in [0.05, 0.1) is 6.61 Å². The molecular formula is C16H31N3O2. The fraction of sp³-hybridized carbons (Fsp3) is 0.938. The van der Waals surface area contributed by atoms with Gasteiger partial charge in [-0.15, -0.1) is 0 Å². The number of carbonyl (C=O) groups is 1. The number of rotatable bonds is 9. The summed E-state index contributed by atoms with van der Waals surface area (Å²) in [5, 5.41) is 3.24. The maximum atomic E-state index is 11.9. The zero-order chi connectivity index (χ0) is 15.1. The maximum Gasteiger partial charge on any atom is 0.323 e. The number of carbonyl (C=O) groups excluding carboxylic acids is 1. The molecule has 1 unspecified atom stereocenters. The van der Waals surface area contributed by atoms with Crippen LogP contribution in [0.4, 0.5) is 0 Å². The molecule has 1 saturated carbocycles. The predicted molar refractivity (Wildman–Crippen MR) is 84.3 cm³/mol. The van der Waals surface area contributed by atoms with Crippen molar-refractivity contribution in [2.24, 2.45) is 5.92 Å². The van der Waals surface area contributed by atoms with Gasteiger partial charge in [0.2, 0.25) is 0 Å². The van der Waals surface area contributed by atoms with Crippen LogP contribution in [0.15, 0.2) is 0 Å². The molecule has 1 saturated heterocycles. The summed E-state index contributed by atoms with van der Waals surface area (Å²) in [5.41, 5.74) is 0. The van der Waals surface area contributed by atoms with Crippen molar-refractivity contribution in [1.29, 1.82) is 0 Å². The van der Waals surface area contributed by atoms with E-state index in [0.29, 0.717) is 6.61 Å². The summed E-state index contributed by atoms with van der Waals surface area (Å²) in [6.07, 6.45) is 3.71. The maximum absolute atomic E-state index is 11.9. The Morgan fingerprint density at radius 1 is 1.19 bits per heavy atom. The fourth-order valence-electron chi connectivity index (χ4n) is 2.97. The van der Waals surface area contributed by atoms with Crippen LogP contribution in [0.1, 0.15) is 33.1 Å². The quantitative estimate of drug-likeness (QED) is 0.642. The van der Waals surface area contributed by atoms with Gasteiger partial charge in [0, 0.05) is 39.3 Å². The summed E-state index contributed by atoms with van der Waals surface area (Å²) in [6, 6.07) is -0.153. The van der Waals surface area contributed by atoms with Crippen molar-refractivity contribution in [1.82, 2.24) is 15.1 Å². The molecule has 0 aromatic carbocycles. The van der Waals surface area contributed by atoms with Gasteiger partial charge in [-0.3, -0.25) is 4.79 Å². The molecule has 0 bridgehead atoms. The third kappa shape index (κ3) is 5.93. The van der Waals surface area contributed by atoms with Crippen molar-refractivity contribution in [2.75, 3.05) is 52.4 Å². The molecule has 1 aliphatic carbocycles. The lowest BCUT2D eigenvalue weighted by atomic mass is 10.2. The summed E-state index contributed by atoms with van der Waals surface area (Å²) in [4.78, 5) is 17.0. The highest BCUT2D eigenvalue weighted by molar-refractivity contribution is 5.75. The topological polar surface area (TPSA) is 44.8 Å².